The molecule has 1 fully saturated rings. The van der Waals surface area contributed by atoms with Gasteiger partial charge in [-0.3, -0.25) is 4.79 Å². The SMILES string of the molecule is CCCCN(C)S(=O)(=O)NC(C)(C(=O)O)C1CC1. The first kappa shape index (κ1) is 15.4. The zero-order valence-electron chi connectivity index (χ0n) is 11.1. The average Bonchev–Trinajstić information content (AvgIpc) is 3.08. The van der Waals surface area contributed by atoms with Gasteiger partial charge < -0.3 is 5.11 Å². The molecule has 0 heterocycles. The highest BCUT2D eigenvalue weighted by Gasteiger charge is 2.50. The maximum absolute atomic E-state index is 12.0. The summed E-state index contributed by atoms with van der Waals surface area (Å²) in [5.74, 6) is -1.22. The fourth-order valence-corrected chi connectivity index (χ4v) is 3.12. The lowest BCUT2D eigenvalue weighted by atomic mass is 9.98. The Morgan fingerprint density at radius 1 is 1.50 bits per heavy atom. The normalized spacial score (nSPS) is 19.8. The summed E-state index contributed by atoms with van der Waals surface area (Å²) in [6, 6.07) is 0. The molecule has 0 bridgehead atoms. The summed E-state index contributed by atoms with van der Waals surface area (Å²) in [7, 11) is -2.27. The molecule has 1 saturated carbocycles. The molecular weight excluding hydrogens is 256 g/mol. The van der Waals surface area contributed by atoms with Gasteiger partial charge in [0.2, 0.25) is 0 Å². The number of hydrogen-bond donors (Lipinski definition) is 2. The van der Waals surface area contributed by atoms with E-state index in [-0.39, 0.29) is 5.92 Å². The lowest BCUT2D eigenvalue weighted by molar-refractivity contribution is -0.144. The van der Waals surface area contributed by atoms with Gasteiger partial charge in [-0.1, -0.05) is 13.3 Å². The van der Waals surface area contributed by atoms with E-state index < -0.39 is 21.7 Å². The third-order valence-electron chi connectivity index (χ3n) is 3.42. The highest BCUT2D eigenvalue weighted by molar-refractivity contribution is 7.87. The summed E-state index contributed by atoms with van der Waals surface area (Å²) >= 11 is 0. The van der Waals surface area contributed by atoms with Crippen LogP contribution in [0.25, 0.3) is 0 Å². The molecule has 2 N–H and O–H groups in total. The minimum atomic E-state index is -3.74. The molecule has 1 aliphatic rings. The van der Waals surface area contributed by atoms with E-state index in [9.17, 15) is 18.3 Å². The molecule has 18 heavy (non-hydrogen) atoms. The second-order valence-electron chi connectivity index (χ2n) is 5.06. The van der Waals surface area contributed by atoms with E-state index in [1.807, 2.05) is 6.92 Å². The molecule has 0 spiro atoms. The molecule has 0 saturated heterocycles. The number of nitrogens with one attached hydrogen (secondary N) is 1. The minimum absolute atomic E-state index is 0.107. The zero-order chi connectivity index (χ0) is 14.0. The lowest BCUT2D eigenvalue weighted by Gasteiger charge is -2.28. The summed E-state index contributed by atoms with van der Waals surface area (Å²) in [6.07, 6.45) is 3.15. The quantitative estimate of drug-likeness (QED) is 0.688. The first-order valence-corrected chi connectivity index (χ1v) is 7.66. The minimum Gasteiger partial charge on any atom is -0.480 e. The van der Waals surface area contributed by atoms with E-state index in [0.29, 0.717) is 6.54 Å². The molecule has 0 aromatic heterocycles. The van der Waals surface area contributed by atoms with Gasteiger partial charge in [-0.05, 0) is 32.1 Å². The van der Waals surface area contributed by atoms with E-state index >= 15 is 0 Å². The Labute approximate surface area is 109 Å². The van der Waals surface area contributed by atoms with E-state index in [0.717, 1.165) is 25.7 Å². The van der Waals surface area contributed by atoms with E-state index in [1.165, 1.54) is 18.3 Å². The van der Waals surface area contributed by atoms with Crippen LogP contribution in [0.1, 0.15) is 39.5 Å². The second kappa shape index (κ2) is 5.54. The standard InChI is InChI=1S/C11H22N2O4S/c1-4-5-8-13(3)18(16,17)12-11(2,10(14)15)9-6-7-9/h9,12H,4-8H2,1-3H3,(H,14,15). The zero-order valence-corrected chi connectivity index (χ0v) is 12.0. The monoisotopic (exact) mass is 278 g/mol. The smallest absolute Gasteiger partial charge is 0.324 e. The number of carbonyl (C=O) groups is 1. The Hall–Kier alpha value is -0.660. The molecule has 0 radical (unpaired) electrons. The number of rotatable bonds is 8. The maximum atomic E-state index is 12.0. The van der Waals surface area contributed by atoms with Gasteiger partial charge in [0.1, 0.15) is 5.54 Å². The van der Waals surface area contributed by atoms with Crippen LogP contribution in [0.15, 0.2) is 0 Å². The van der Waals surface area contributed by atoms with Gasteiger partial charge in [-0.25, -0.2) is 0 Å². The van der Waals surface area contributed by atoms with Crippen LogP contribution >= 0.6 is 0 Å². The van der Waals surface area contributed by atoms with Crippen molar-refractivity contribution in [2.24, 2.45) is 5.92 Å². The van der Waals surface area contributed by atoms with Gasteiger partial charge in [-0.2, -0.15) is 17.4 Å². The molecule has 6 nitrogen and oxygen atoms in total. The maximum Gasteiger partial charge on any atom is 0.324 e. The fourth-order valence-electron chi connectivity index (χ4n) is 1.81. The number of carboxylic acids is 1. The highest BCUT2D eigenvalue weighted by atomic mass is 32.2. The predicted molar refractivity (Wildman–Crippen MR) is 68.4 cm³/mol. The Bertz CT molecular complexity index is 405. The van der Waals surface area contributed by atoms with Gasteiger partial charge in [0.15, 0.2) is 0 Å². The van der Waals surface area contributed by atoms with Crippen molar-refractivity contribution in [3.8, 4) is 0 Å². The molecule has 106 valence electrons. The summed E-state index contributed by atoms with van der Waals surface area (Å²) in [6.45, 7) is 3.81. The summed E-state index contributed by atoms with van der Waals surface area (Å²) in [5, 5.41) is 9.22. The first-order chi connectivity index (χ1) is 8.24. The number of nitrogens with zero attached hydrogens (tertiary/aromatic N) is 1. The fraction of sp³-hybridized carbons (Fsp3) is 0.909. The van der Waals surface area contributed by atoms with Crippen LogP contribution in [-0.2, 0) is 15.0 Å². The molecule has 0 aromatic rings. The molecule has 0 amide bonds. The van der Waals surface area contributed by atoms with Crippen molar-refractivity contribution < 1.29 is 18.3 Å². The molecule has 1 rings (SSSR count). The predicted octanol–water partition coefficient (Wildman–Crippen LogP) is 0.806. The van der Waals surface area contributed by atoms with Crippen molar-refractivity contribution in [3.63, 3.8) is 0 Å². The lowest BCUT2D eigenvalue weighted by Crippen LogP contribution is -2.57. The molecule has 1 aliphatic carbocycles. The molecule has 1 unspecified atom stereocenters. The van der Waals surface area contributed by atoms with Gasteiger partial charge >= 0.3 is 5.97 Å². The van der Waals surface area contributed by atoms with Crippen LogP contribution < -0.4 is 4.72 Å². The third-order valence-corrected chi connectivity index (χ3v) is 5.10. The number of hydrogen-bond acceptors (Lipinski definition) is 3. The number of aliphatic carboxylic acids is 1. The van der Waals surface area contributed by atoms with E-state index in [1.54, 1.807) is 0 Å². The topological polar surface area (TPSA) is 86.7 Å². The van der Waals surface area contributed by atoms with Crippen LogP contribution in [0.5, 0.6) is 0 Å². The second-order valence-corrected chi connectivity index (χ2v) is 6.84. The van der Waals surface area contributed by atoms with Crippen molar-refractivity contribution in [1.82, 2.24) is 9.03 Å². The van der Waals surface area contributed by atoms with E-state index in [2.05, 4.69) is 4.72 Å². The largest absolute Gasteiger partial charge is 0.480 e. The average molecular weight is 278 g/mol. The molecule has 1 atom stereocenters. The van der Waals surface area contributed by atoms with Gasteiger partial charge in [-0.15, -0.1) is 0 Å². The van der Waals surface area contributed by atoms with Crippen LogP contribution in [-0.4, -0.2) is 42.9 Å². The van der Waals surface area contributed by atoms with Crippen LogP contribution in [0.3, 0.4) is 0 Å². The Morgan fingerprint density at radius 2 is 2.06 bits per heavy atom. The number of carboxylic acid groups (broad SMARTS) is 1. The van der Waals surface area contributed by atoms with Crippen molar-refractivity contribution in [3.05, 3.63) is 0 Å². The highest BCUT2D eigenvalue weighted by Crippen LogP contribution is 2.40. The molecule has 0 aromatic carbocycles. The van der Waals surface area contributed by atoms with Crippen molar-refractivity contribution in [2.75, 3.05) is 13.6 Å². The van der Waals surface area contributed by atoms with Gasteiger partial charge in [0, 0.05) is 13.6 Å². The third kappa shape index (κ3) is 3.43. The summed E-state index contributed by atoms with van der Waals surface area (Å²) < 4.78 is 27.6. The van der Waals surface area contributed by atoms with Gasteiger partial charge in [0.05, 0.1) is 0 Å². The van der Waals surface area contributed by atoms with E-state index in [4.69, 9.17) is 0 Å². The van der Waals surface area contributed by atoms with Crippen molar-refractivity contribution in [1.29, 1.82) is 0 Å². The van der Waals surface area contributed by atoms with Crippen LogP contribution in [0.4, 0.5) is 0 Å². The number of unbranched alkanes of at least 4 members (excludes halogenated alkanes) is 1. The molecule has 0 aliphatic heterocycles. The summed E-state index contributed by atoms with van der Waals surface area (Å²) in [5.41, 5.74) is -1.39. The Morgan fingerprint density at radius 3 is 2.44 bits per heavy atom. The van der Waals surface area contributed by atoms with Crippen molar-refractivity contribution in [2.45, 2.75) is 45.1 Å². The summed E-state index contributed by atoms with van der Waals surface area (Å²) in [4.78, 5) is 11.3. The Balaban J connectivity index is 2.77. The van der Waals surface area contributed by atoms with Gasteiger partial charge in [0.25, 0.3) is 10.2 Å². The molecule has 7 heteroatoms. The van der Waals surface area contributed by atoms with Crippen molar-refractivity contribution >= 4 is 16.2 Å². The Kier molecular flexibility index (Phi) is 4.74. The van der Waals surface area contributed by atoms with Crippen LogP contribution in [0, 0.1) is 5.92 Å². The molecular formula is C11H22N2O4S. The van der Waals surface area contributed by atoms with Crippen LogP contribution in [0.2, 0.25) is 0 Å². The first-order valence-electron chi connectivity index (χ1n) is 6.22.